The SMILES string of the molecule is C=Cc1ccc(OS(=O)(=O)CCCOc2cc(F)c(S(=O)(=O)O)cc2[N+](=O)[O-])cc1. The topological polar surface area (TPSA) is 150 Å². The lowest BCUT2D eigenvalue weighted by atomic mass is 10.2. The van der Waals surface area contributed by atoms with Gasteiger partial charge in [-0.05, 0) is 24.1 Å². The van der Waals surface area contributed by atoms with Gasteiger partial charge in [-0.2, -0.15) is 16.8 Å². The lowest BCUT2D eigenvalue weighted by Gasteiger charge is -2.10. The highest BCUT2D eigenvalue weighted by molar-refractivity contribution is 7.87. The highest BCUT2D eigenvalue weighted by Crippen LogP contribution is 2.32. The first kappa shape index (κ1) is 23.3. The normalized spacial score (nSPS) is 11.7. The molecule has 13 heteroatoms. The fraction of sp³-hybridized carbons (Fsp3) is 0.176. The molecule has 0 unspecified atom stereocenters. The molecule has 0 fully saturated rings. The first-order chi connectivity index (χ1) is 13.9. The van der Waals surface area contributed by atoms with E-state index in [-0.39, 0.29) is 18.8 Å². The van der Waals surface area contributed by atoms with Crippen LogP contribution < -0.4 is 8.92 Å². The predicted octanol–water partition coefficient (Wildman–Crippen LogP) is 2.80. The van der Waals surface area contributed by atoms with Crippen LogP contribution in [0.2, 0.25) is 0 Å². The third-order valence-electron chi connectivity index (χ3n) is 3.62. The van der Waals surface area contributed by atoms with E-state index >= 15 is 0 Å². The first-order valence-corrected chi connectivity index (χ1v) is 11.2. The average molecular weight is 461 g/mol. The zero-order valence-corrected chi connectivity index (χ0v) is 16.9. The zero-order chi connectivity index (χ0) is 22.5. The van der Waals surface area contributed by atoms with Crippen LogP contribution in [-0.4, -0.2) is 38.7 Å². The fourth-order valence-corrected chi connectivity index (χ4v) is 3.77. The number of rotatable bonds is 10. The Morgan fingerprint density at radius 3 is 2.33 bits per heavy atom. The van der Waals surface area contributed by atoms with Crippen molar-refractivity contribution in [2.24, 2.45) is 0 Å². The minimum absolute atomic E-state index is 0.0834. The smallest absolute Gasteiger partial charge is 0.312 e. The molecule has 0 heterocycles. The number of halogens is 1. The zero-order valence-electron chi connectivity index (χ0n) is 15.2. The van der Waals surface area contributed by atoms with Gasteiger partial charge in [0.25, 0.3) is 10.1 Å². The van der Waals surface area contributed by atoms with Crippen molar-refractivity contribution < 1.29 is 39.6 Å². The largest absolute Gasteiger partial charge is 0.487 e. The molecule has 0 aliphatic carbocycles. The molecule has 2 rings (SSSR count). The Balaban J connectivity index is 2.02. The van der Waals surface area contributed by atoms with Crippen LogP contribution in [0.3, 0.4) is 0 Å². The standard InChI is InChI=1S/C17H16FNO9S2/c1-2-12-4-6-13(7-5-12)28-29(22,23)9-3-8-27-16-10-14(18)17(30(24,25)26)11-15(16)19(20)21/h2,4-7,10-11H,1,3,8-9H2,(H,24,25,26). The molecule has 10 nitrogen and oxygen atoms in total. The number of hydrogen-bond donors (Lipinski definition) is 1. The summed E-state index contributed by atoms with van der Waals surface area (Å²) in [6, 6.07) is 6.82. The maximum Gasteiger partial charge on any atom is 0.312 e. The van der Waals surface area contributed by atoms with Crippen molar-refractivity contribution in [3.05, 3.63) is 64.5 Å². The summed E-state index contributed by atoms with van der Waals surface area (Å²) in [6.07, 6.45) is 1.41. The second-order valence-corrected chi connectivity index (χ2v) is 8.88. The van der Waals surface area contributed by atoms with Crippen LogP contribution in [0.15, 0.2) is 47.9 Å². The molecule has 0 amide bonds. The van der Waals surface area contributed by atoms with Crippen molar-refractivity contribution in [2.45, 2.75) is 11.3 Å². The van der Waals surface area contributed by atoms with Gasteiger partial charge < -0.3 is 8.92 Å². The van der Waals surface area contributed by atoms with Gasteiger partial charge in [0.1, 0.15) is 16.5 Å². The van der Waals surface area contributed by atoms with Gasteiger partial charge in [0.2, 0.25) is 0 Å². The maximum absolute atomic E-state index is 13.8. The second kappa shape index (κ2) is 9.19. The third-order valence-corrected chi connectivity index (χ3v) is 5.73. The summed E-state index contributed by atoms with van der Waals surface area (Å²) in [5.41, 5.74) is -0.146. The number of ether oxygens (including phenoxy) is 1. The fourth-order valence-electron chi connectivity index (χ4n) is 2.25. The van der Waals surface area contributed by atoms with E-state index in [1.165, 1.54) is 12.1 Å². The minimum Gasteiger partial charge on any atom is -0.487 e. The lowest BCUT2D eigenvalue weighted by Crippen LogP contribution is -2.16. The second-order valence-electron chi connectivity index (χ2n) is 5.80. The Morgan fingerprint density at radius 2 is 1.80 bits per heavy atom. The van der Waals surface area contributed by atoms with Crippen molar-refractivity contribution in [3.63, 3.8) is 0 Å². The van der Waals surface area contributed by atoms with Crippen LogP contribution in [0.1, 0.15) is 12.0 Å². The Kier molecular flexibility index (Phi) is 7.12. The summed E-state index contributed by atoms with van der Waals surface area (Å²) in [5, 5.41) is 11.1. The molecular weight excluding hydrogens is 445 g/mol. The molecule has 0 atom stereocenters. The number of nitrogens with zero attached hydrogens (tertiary/aromatic N) is 1. The molecule has 0 bridgehead atoms. The molecule has 2 aromatic rings. The molecule has 0 radical (unpaired) electrons. The number of hydrogen-bond acceptors (Lipinski definition) is 8. The molecule has 0 aliphatic heterocycles. The van der Waals surface area contributed by atoms with E-state index in [1.54, 1.807) is 18.2 Å². The van der Waals surface area contributed by atoms with Crippen molar-refractivity contribution in [3.8, 4) is 11.5 Å². The van der Waals surface area contributed by atoms with Crippen LogP contribution in [-0.2, 0) is 20.2 Å². The first-order valence-electron chi connectivity index (χ1n) is 8.16. The third kappa shape index (κ3) is 6.23. The van der Waals surface area contributed by atoms with E-state index < -0.39 is 53.1 Å². The predicted molar refractivity (Wildman–Crippen MR) is 104 cm³/mol. The van der Waals surface area contributed by atoms with Gasteiger partial charge in [0.15, 0.2) is 5.75 Å². The molecule has 1 N–H and O–H groups in total. The number of nitro groups is 1. The summed E-state index contributed by atoms with van der Waals surface area (Å²) in [7, 11) is -9.02. The van der Waals surface area contributed by atoms with E-state index in [4.69, 9.17) is 13.5 Å². The highest BCUT2D eigenvalue weighted by atomic mass is 32.2. The van der Waals surface area contributed by atoms with Gasteiger partial charge in [0, 0.05) is 12.1 Å². The molecule has 0 aliphatic rings. The monoisotopic (exact) mass is 461 g/mol. The molecule has 162 valence electrons. The Bertz CT molecular complexity index is 1160. The van der Waals surface area contributed by atoms with Gasteiger partial charge in [0.05, 0.1) is 17.3 Å². The Morgan fingerprint density at radius 1 is 1.17 bits per heavy atom. The van der Waals surface area contributed by atoms with E-state index in [0.29, 0.717) is 12.1 Å². The molecule has 0 saturated carbocycles. The molecule has 0 spiro atoms. The van der Waals surface area contributed by atoms with Crippen molar-refractivity contribution in [1.29, 1.82) is 0 Å². The van der Waals surface area contributed by atoms with Crippen molar-refractivity contribution in [1.82, 2.24) is 0 Å². The van der Waals surface area contributed by atoms with Crippen molar-refractivity contribution in [2.75, 3.05) is 12.4 Å². The van der Waals surface area contributed by atoms with E-state index in [9.17, 15) is 31.3 Å². The molecular formula is C17H16FNO9S2. The van der Waals surface area contributed by atoms with Gasteiger partial charge >= 0.3 is 15.8 Å². The summed E-state index contributed by atoms with van der Waals surface area (Å²) in [4.78, 5) is 8.75. The van der Waals surface area contributed by atoms with Gasteiger partial charge in [-0.1, -0.05) is 24.8 Å². The van der Waals surface area contributed by atoms with Crippen molar-refractivity contribution >= 4 is 32.0 Å². The number of nitro benzene ring substituents is 1. The van der Waals surface area contributed by atoms with Gasteiger partial charge in [-0.15, -0.1) is 0 Å². The average Bonchev–Trinajstić information content (AvgIpc) is 2.64. The maximum atomic E-state index is 13.8. The summed E-state index contributed by atoms with van der Waals surface area (Å²) in [5.74, 6) is -2.50. The summed E-state index contributed by atoms with van der Waals surface area (Å²) in [6.45, 7) is 3.20. The molecule has 0 aromatic heterocycles. The Hall–Kier alpha value is -3.03. The van der Waals surface area contributed by atoms with Crippen LogP contribution >= 0.6 is 0 Å². The highest BCUT2D eigenvalue weighted by Gasteiger charge is 2.26. The van der Waals surface area contributed by atoms with Crippen LogP contribution in [0.25, 0.3) is 6.08 Å². The lowest BCUT2D eigenvalue weighted by molar-refractivity contribution is -0.386. The summed E-state index contributed by atoms with van der Waals surface area (Å²) < 4.78 is 78.8. The van der Waals surface area contributed by atoms with Crippen LogP contribution in [0, 0.1) is 15.9 Å². The van der Waals surface area contributed by atoms with Gasteiger partial charge in [-0.25, -0.2) is 4.39 Å². The molecule has 2 aromatic carbocycles. The van der Waals surface area contributed by atoms with E-state index in [2.05, 4.69) is 6.58 Å². The molecule has 30 heavy (non-hydrogen) atoms. The van der Waals surface area contributed by atoms with Crippen LogP contribution in [0.5, 0.6) is 11.5 Å². The van der Waals surface area contributed by atoms with Crippen LogP contribution in [0.4, 0.5) is 10.1 Å². The minimum atomic E-state index is -5.02. The number of benzene rings is 2. The quantitative estimate of drug-likeness (QED) is 0.185. The van der Waals surface area contributed by atoms with E-state index in [1.807, 2.05) is 0 Å². The van der Waals surface area contributed by atoms with Gasteiger partial charge in [-0.3, -0.25) is 14.7 Å². The summed E-state index contributed by atoms with van der Waals surface area (Å²) >= 11 is 0. The molecule has 0 saturated heterocycles. The van der Waals surface area contributed by atoms with E-state index in [0.717, 1.165) is 5.56 Å². The Labute approximate surface area is 171 Å².